The summed E-state index contributed by atoms with van der Waals surface area (Å²) in [5.41, 5.74) is 1.57. The van der Waals surface area contributed by atoms with Crippen molar-refractivity contribution >= 4 is 17.7 Å². The number of benzene rings is 2. The topological polar surface area (TPSA) is 59.8 Å². The number of para-hydroxylation sites is 1. The number of carbonyl (C=O) groups excluding carboxylic acids is 1. The summed E-state index contributed by atoms with van der Waals surface area (Å²) < 4.78 is 15.1. The minimum atomic E-state index is -0.411. The van der Waals surface area contributed by atoms with Crippen molar-refractivity contribution < 1.29 is 9.18 Å². The van der Waals surface area contributed by atoms with Gasteiger partial charge in [0.2, 0.25) is 5.91 Å². The Balaban J connectivity index is 1.98. The normalized spacial score (nSPS) is 11.6. The predicted molar refractivity (Wildman–Crippen MR) is 104 cm³/mol. The zero-order valence-corrected chi connectivity index (χ0v) is 15.4. The molecule has 3 aromatic rings. The van der Waals surface area contributed by atoms with Crippen LogP contribution in [0.5, 0.6) is 0 Å². The van der Waals surface area contributed by atoms with Gasteiger partial charge in [-0.05, 0) is 43.3 Å². The molecule has 1 amide bonds. The number of halogens is 1. The number of amides is 1. The number of hydrogen-bond acceptors (Lipinski definition) is 4. The summed E-state index contributed by atoms with van der Waals surface area (Å²) in [6.07, 6.45) is 5.18. The quantitative estimate of drug-likeness (QED) is 0.527. The number of hydrogen-bond donors (Lipinski definition) is 1. The second kappa shape index (κ2) is 8.52. The lowest BCUT2D eigenvalue weighted by Gasteiger charge is -2.13. The van der Waals surface area contributed by atoms with E-state index in [-0.39, 0.29) is 18.3 Å². The molecule has 2 aromatic carbocycles. The summed E-state index contributed by atoms with van der Waals surface area (Å²) in [5, 5.41) is 11.3. The van der Waals surface area contributed by atoms with E-state index in [9.17, 15) is 9.18 Å². The summed E-state index contributed by atoms with van der Waals surface area (Å²) in [6.45, 7) is 1.95. The molecule has 0 spiro atoms. The van der Waals surface area contributed by atoms with E-state index in [1.54, 1.807) is 19.1 Å². The highest BCUT2D eigenvalue weighted by Gasteiger charge is 2.21. The maximum Gasteiger partial charge on any atom is 0.234 e. The highest BCUT2D eigenvalue weighted by molar-refractivity contribution is 8.00. The van der Waals surface area contributed by atoms with Crippen LogP contribution in [0.25, 0.3) is 17.1 Å². The Hall–Kier alpha value is -3.11. The molecular weight excluding hydrogens is 363 g/mol. The fourth-order valence-corrected chi connectivity index (χ4v) is 3.33. The van der Waals surface area contributed by atoms with Crippen LogP contribution in [0.2, 0.25) is 0 Å². The molecule has 0 fully saturated rings. The molecule has 0 bridgehead atoms. The number of carbonyl (C=O) groups is 1. The first-order valence-electron chi connectivity index (χ1n) is 8.24. The number of terminal acetylenes is 1. The Kier molecular flexibility index (Phi) is 5.89. The molecule has 1 atom stereocenters. The van der Waals surface area contributed by atoms with E-state index in [1.165, 1.54) is 23.9 Å². The lowest BCUT2D eigenvalue weighted by molar-refractivity contribution is -0.120. The van der Waals surface area contributed by atoms with Gasteiger partial charge in [0.25, 0.3) is 0 Å². The van der Waals surface area contributed by atoms with Gasteiger partial charge in [0.05, 0.1) is 11.8 Å². The third kappa shape index (κ3) is 4.36. The zero-order valence-electron chi connectivity index (χ0n) is 14.6. The second-order valence-electron chi connectivity index (χ2n) is 5.67. The van der Waals surface area contributed by atoms with Crippen LogP contribution in [0.15, 0.2) is 59.8 Å². The van der Waals surface area contributed by atoms with Crippen LogP contribution in [-0.4, -0.2) is 32.5 Å². The van der Waals surface area contributed by atoms with Crippen molar-refractivity contribution in [2.24, 2.45) is 0 Å². The van der Waals surface area contributed by atoms with Crippen LogP contribution in [0.1, 0.15) is 6.92 Å². The SMILES string of the molecule is C#CCNC(=O)C(C)Sc1nnc(-c2ccc(F)cc2)n1-c1ccccc1. The lowest BCUT2D eigenvalue weighted by atomic mass is 10.2. The minimum absolute atomic E-state index is 0.177. The van der Waals surface area contributed by atoms with E-state index >= 15 is 0 Å². The van der Waals surface area contributed by atoms with E-state index in [0.29, 0.717) is 11.0 Å². The zero-order chi connectivity index (χ0) is 19.2. The molecule has 0 saturated heterocycles. The highest BCUT2D eigenvalue weighted by atomic mass is 32.2. The number of nitrogens with one attached hydrogen (secondary N) is 1. The molecule has 1 N–H and O–H groups in total. The first kappa shape index (κ1) is 18.7. The van der Waals surface area contributed by atoms with Gasteiger partial charge in [0.1, 0.15) is 5.82 Å². The van der Waals surface area contributed by atoms with Crippen LogP contribution >= 0.6 is 11.8 Å². The van der Waals surface area contributed by atoms with Gasteiger partial charge in [-0.2, -0.15) is 0 Å². The van der Waals surface area contributed by atoms with Crippen molar-refractivity contribution in [3.63, 3.8) is 0 Å². The van der Waals surface area contributed by atoms with E-state index in [2.05, 4.69) is 21.4 Å². The van der Waals surface area contributed by atoms with Gasteiger partial charge < -0.3 is 5.32 Å². The largest absolute Gasteiger partial charge is 0.344 e. The van der Waals surface area contributed by atoms with Crippen LogP contribution < -0.4 is 5.32 Å². The monoisotopic (exact) mass is 380 g/mol. The Bertz CT molecular complexity index is 964. The molecular formula is C20H17FN4OS. The Morgan fingerprint density at radius 2 is 1.93 bits per heavy atom. The van der Waals surface area contributed by atoms with Gasteiger partial charge in [-0.15, -0.1) is 16.6 Å². The minimum Gasteiger partial charge on any atom is -0.344 e. The van der Waals surface area contributed by atoms with Crippen molar-refractivity contribution in [1.29, 1.82) is 0 Å². The molecule has 27 heavy (non-hydrogen) atoms. The number of aromatic nitrogens is 3. The summed E-state index contributed by atoms with van der Waals surface area (Å²) >= 11 is 1.28. The second-order valence-corrected chi connectivity index (χ2v) is 6.97. The summed E-state index contributed by atoms with van der Waals surface area (Å²) in [6, 6.07) is 15.6. The van der Waals surface area contributed by atoms with E-state index in [0.717, 1.165) is 11.3 Å². The number of thioether (sulfide) groups is 1. The van der Waals surface area contributed by atoms with Gasteiger partial charge in [-0.25, -0.2) is 4.39 Å². The average Bonchev–Trinajstić information content (AvgIpc) is 3.10. The summed E-state index contributed by atoms with van der Waals surface area (Å²) in [4.78, 5) is 12.1. The first-order valence-corrected chi connectivity index (χ1v) is 9.12. The maximum absolute atomic E-state index is 13.3. The smallest absolute Gasteiger partial charge is 0.234 e. The Morgan fingerprint density at radius 1 is 1.22 bits per heavy atom. The van der Waals surface area contributed by atoms with Crippen molar-refractivity contribution in [2.75, 3.05) is 6.54 Å². The van der Waals surface area contributed by atoms with Crippen LogP contribution in [0.4, 0.5) is 4.39 Å². The molecule has 1 unspecified atom stereocenters. The fraction of sp³-hybridized carbons (Fsp3) is 0.150. The highest BCUT2D eigenvalue weighted by Crippen LogP contribution is 2.30. The summed E-state index contributed by atoms with van der Waals surface area (Å²) in [7, 11) is 0. The standard InChI is InChI=1S/C20H17FN4OS/c1-3-13-22-19(26)14(2)27-20-24-23-18(15-9-11-16(21)12-10-15)25(20)17-7-5-4-6-8-17/h1,4-12,14H,13H2,2H3,(H,22,26). The Morgan fingerprint density at radius 3 is 2.59 bits per heavy atom. The van der Waals surface area contributed by atoms with Crippen LogP contribution in [-0.2, 0) is 4.79 Å². The summed E-state index contributed by atoms with van der Waals surface area (Å²) in [5.74, 6) is 2.45. The average molecular weight is 380 g/mol. The van der Waals surface area contributed by atoms with Gasteiger partial charge >= 0.3 is 0 Å². The van der Waals surface area contributed by atoms with Gasteiger partial charge in [0, 0.05) is 11.3 Å². The third-order valence-corrected chi connectivity index (χ3v) is 4.81. The van der Waals surface area contributed by atoms with E-state index in [4.69, 9.17) is 6.42 Å². The van der Waals surface area contributed by atoms with Gasteiger partial charge in [-0.1, -0.05) is 35.9 Å². The third-order valence-electron chi connectivity index (χ3n) is 3.77. The number of nitrogens with zero attached hydrogens (tertiary/aromatic N) is 3. The molecule has 0 aliphatic heterocycles. The molecule has 7 heteroatoms. The predicted octanol–water partition coefficient (Wildman–Crippen LogP) is 3.30. The fourth-order valence-electron chi connectivity index (χ4n) is 2.44. The van der Waals surface area contributed by atoms with Gasteiger partial charge in [0.15, 0.2) is 11.0 Å². The first-order chi connectivity index (χ1) is 13.1. The van der Waals surface area contributed by atoms with Crippen molar-refractivity contribution in [3.8, 4) is 29.4 Å². The molecule has 3 rings (SSSR count). The van der Waals surface area contributed by atoms with Crippen molar-refractivity contribution in [1.82, 2.24) is 20.1 Å². The molecule has 0 radical (unpaired) electrons. The maximum atomic E-state index is 13.3. The van der Waals surface area contributed by atoms with Crippen molar-refractivity contribution in [2.45, 2.75) is 17.3 Å². The molecule has 1 heterocycles. The molecule has 0 aliphatic rings. The molecule has 0 aliphatic carbocycles. The van der Waals surface area contributed by atoms with Crippen LogP contribution in [0.3, 0.4) is 0 Å². The van der Waals surface area contributed by atoms with Crippen LogP contribution in [0, 0.1) is 18.2 Å². The molecule has 136 valence electrons. The molecule has 1 aromatic heterocycles. The Labute approximate surface area is 161 Å². The van der Waals surface area contributed by atoms with E-state index in [1.807, 2.05) is 34.9 Å². The van der Waals surface area contributed by atoms with E-state index < -0.39 is 5.25 Å². The lowest BCUT2D eigenvalue weighted by Crippen LogP contribution is -2.31. The molecule has 5 nitrogen and oxygen atoms in total. The van der Waals surface area contributed by atoms with Gasteiger partial charge in [-0.3, -0.25) is 9.36 Å². The van der Waals surface area contributed by atoms with Crippen molar-refractivity contribution in [3.05, 3.63) is 60.4 Å². The molecule has 0 saturated carbocycles. The number of rotatable bonds is 6.